The number of rotatable bonds is 3. The summed E-state index contributed by atoms with van der Waals surface area (Å²) >= 11 is 8.98. The van der Waals surface area contributed by atoms with E-state index in [0.717, 1.165) is 19.8 Å². The van der Waals surface area contributed by atoms with Gasteiger partial charge < -0.3 is 10.5 Å². The largest absolute Gasteiger partial charge is 0.496 e. The number of hydrogen-bond donors (Lipinski definition) is 1. The zero-order valence-electron chi connectivity index (χ0n) is 8.07. The van der Waals surface area contributed by atoms with Crippen molar-refractivity contribution in [1.82, 2.24) is 0 Å². The SMILES string of the molecule is COc1csc(C(N)c2ccc(Cl)s2)c1. The van der Waals surface area contributed by atoms with E-state index in [1.165, 1.54) is 11.3 Å². The van der Waals surface area contributed by atoms with Gasteiger partial charge in [-0.15, -0.1) is 22.7 Å². The van der Waals surface area contributed by atoms with Crippen molar-refractivity contribution in [2.24, 2.45) is 5.73 Å². The molecule has 0 radical (unpaired) electrons. The van der Waals surface area contributed by atoms with Crippen LogP contribution in [0.2, 0.25) is 4.34 Å². The second kappa shape index (κ2) is 4.53. The predicted octanol–water partition coefficient (Wildman–Crippen LogP) is 3.52. The number of halogens is 1. The molecule has 2 nitrogen and oxygen atoms in total. The number of thiophene rings is 2. The number of hydrogen-bond acceptors (Lipinski definition) is 4. The molecule has 0 aromatic carbocycles. The second-order valence-electron chi connectivity index (χ2n) is 3.01. The lowest BCUT2D eigenvalue weighted by Gasteiger charge is -2.05. The van der Waals surface area contributed by atoms with Crippen molar-refractivity contribution in [1.29, 1.82) is 0 Å². The van der Waals surface area contributed by atoms with Crippen molar-refractivity contribution in [2.45, 2.75) is 6.04 Å². The summed E-state index contributed by atoms with van der Waals surface area (Å²) in [5.41, 5.74) is 6.10. The molecule has 0 bridgehead atoms. The van der Waals surface area contributed by atoms with E-state index >= 15 is 0 Å². The molecule has 0 spiro atoms. The van der Waals surface area contributed by atoms with Gasteiger partial charge in [0.15, 0.2) is 0 Å². The molecule has 0 aliphatic carbocycles. The predicted molar refractivity (Wildman–Crippen MR) is 66.2 cm³/mol. The van der Waals surface area contributed by atoms with E-state index < -0.39 is 0 Å². The van der Waals surface area contributed by atoms with Gasteiger partial charge >= 0.3 is 0 Å². The summed E-state index contributed by atoms with van der Waals surface area (Å²) in [4.78, 5) is 2.16. The molecule has 0 fully saturated rings. The molecular weight excluding hydrogens is 250 g/mol. The van der Waals surface area contributed by atoms with Crippen LogP contribution in [-0.2, 0) is 0 Å². The topological polar surface area (TPSA) is 35.2 Å². The fourth-order valence-corrected chi connectivity index (χ4v) is 3.27. The smallest absolute Gasteiger partial charge is 0.129 e. The first-order valence-electron chi connectivity index (χ1n) is 4.34. The van der Waals surface area contributed by atoms with Crippen LogP contribution in [0, 0.1) is 0 Å². The molecule has 1 unspecified atom stereocenters. The van der Waals surface area contributed by atoms with Gasteiger partial charge in [-0.25, -0.2) is 0 Å². The normalized spacial score (nSPS) is 12.7. The van der Waals surface area contributed by atoms with E-state index in [-0.39, 0.29) is 6.04 Å². The third-order valence-electron chi connectivity index (χ3n) is 2.04. The van der Waals surface area contributed by atoms with E-state index in [4.69, 9.17) is 22.1 Å². The van der Waals surface area contributed by atoms with Gasteiger partial charge in [0, 0.05) is 15.1 Å². The summed E-state index contributed by atoms with van der Waals surface area (Å²) < 4.78 is 5.89. The molecule has 2 aromatic heterocycles. The Morgan fingerprint density at radius 3 is 2.73 bits per heavy atom. The Morgan fingerprint density at radius 2 is 2.20 bits per heavy atom. The van der Waals surface area contributed by atoms with Crippen LogP contribution in [0.5, 0.6) is 5.75 Å². The minimum absolute atomic E-state index is 0.101. The lowest BCUT2D eigenvalue weighted by molar-refractivity contribution is 0.416. The van der Waals surface area contributed by atoms with Gasteiger partial charge in [0.2, 0.25) is 0 Å². The lowest BCUT2D eigenvalue weighted by Crippen LogP contribution is -2.07. The van der Waals surface area contributed by atoms with Gasteiger partial charge in [0.25, 0.3) is 0 Å². The molecule has 0 saturated heterocycles. The molecule has 15 heavy (non-hydrogen) atoms. The van der Waals surface area contributed by atoms with E-state index in [2.05, 4.69) is 0 Å². The highest BCUT2D eigenvalue weighted by Crippen LogP contribution is 2.33. The molecule has 2 N–H and O–H groups in total. The third-order valence-corrected chi connectivity index (χ3v) is 4.35. The summed E-state index contributed by atoms with van der Waals surface area (Å²) in [5.74, 6) is 0.855. The Hall–Kier alpha value is -0.550. The van der Waals surface area contributed by atoms with Crippen LogP contribution in [-0.4, -0.2) is 7.11 Å². The highest BCUT2D eigenvalue weighted by atomic mass is 35.5. The Bertz CT molecular complexity index is 452. The summed E-state index contributed by atoms with van der Waals surface area (Å²) in [6.07, 6.45) is 0. The molecule has 1 atom stereocenters. The summed E-state index contributed by atoms with van der Waals surface area (Å²) in [6, 6.07) is 5.69. The Morgan fingerprint density at radius 1 is 1.40 bits per heavy atom. The first-order chi connectivity index (χ1) is 7.20. The highest BCUT2D eigenvalue weighted by molar-refractivity contribution is 7.16. The van der Waals surface area contributed by atoms with Gasteiger partial charge in [-0.1, -0.05) is 11.6 Å². The maximum Gasteiger partial charge on any atom is 0.129 e. The zero-order chi connectivity index (χ0) is 10.8. The molecule has 0 saturated carbocycles. The Balaban J connectivity index is 2.23. The van der Waals surface area contributed by atoms with Crippen LogP contribution in [0.15, 0.2) is 23.6 Å². The van der Waals surface area contributed by atoms with Crippen molar-refractivity contribution in [3.8, 4) is 5.75 Å². The Kier molecular flexibility index (Phi) is 3.31. The third kappa shape index (κ3) is 2.34. The number of nitrogens with two attached hydrogens (primary N) is 1. The van der Waals surface area contributed by atoms with Crippen molar-refractivity contribution >= 4 is 34.3 Å². The van der Waals surface area contributed by atoms with E-state index in [1.54, 1.807) is 18.4 Å². The summed E-state index contributed by atoms with van der Waals surface area (Å²) in [5, 5.41) is 1.95. The van der Waals surface area contributed by atoms with Crippen LogP contribution in [0.1, 0.15) is 15.8 Å². The van der Waals surface area contributed by atoms with Crippen molar-refractivity contribution in [3.05, 3.63) is 37.7 Å². The molecule has 2 rings (SSSR count). The second-order valence-corrected chi connectivity index (χ2v) is 5.70. The van der Waals surface area contributed by atoms with Crippen LogP contribution in [0.3, 0.4) is 0 Å². The molecular formula is C10H10ClNOS2. The van der Waals surface area contributed by atoms with E-state index in [0.29, 0.717) is 0 Å². The van der Waals surface area contributed by atoms with Gasteiger partial charge in [-0.05, 0) is 18.2 Å². The first-order valence-corrected chi connectivity index (χ1v) is 6.41. The van der Waals surface area contributed by atoms with Crippen molar-refractivity contribution < 1.29 is 4.74 Å². The standard InChI is InChI=1S/C10H10ClNOS2/c1-13-6-4-8(14-5-6)10(12)7-2-3-9(11)15-7/h2-5,10H,12H2,1H3. The monoisotopic (exact) mass is 259 g/mol. The minimum Gasteiger partial charge on any atom is -0.496 e. The molecule has 2 heterocycles. The van der Waals surface area contributed by atoms with Gasteiger partial charge in [-0.3, -0.25) is 0 Å². The molecule has 0 aliphatic heterocycles. The molecule has 2 aromatic rings. The van der Waals surface area contributed by atoms with Crippen molar-refractivity contribution in [2.75, 3.05) is 7.11 Å². The van der Waals surface area contributed by atoms with E-state index in [9.17, 15) is 0 Å². The average Bonchev–Trinajstić information content (AvgIpc) is 2.84. The lowest BCUT2D eigenvalue weighted by atomic mass is 10.2. The van der Waals surface area contributed by atoms with Gasteiger partial charge in [0.05, 0.1) is 17.5 Å². The molecule has 0 aliphatic rings. The summed E-state index contributed by atoms with van der Waals surface area (Å²) in [6.45, 7) is 0. The summed E-state index contributed by atoms with van der Waals surface area (Å²) in [7, 11) is 1.65. The van der Waals surface area contributed by atoms with Crippen LogP contribution in [0.25, 0.3) is 0 Å². The zero-order valence-corrected chi connectivity index (χ0v) is 10.5. The van der Waals surface area contributed by atoms with Crippen molar-refractivity contribution in [3.63, 3.8) is 0 Å². The Labute approximate surface area is 101 Å². The number of methoxy groups -OCH3 is 1. The quantitative estimate of drug-likeness (QED) is 0.915. The fraction of sp³-hybridized carbons (Fsp3) is 0.200. The first kappa shape index (κ1) is 11.0. The van der Waals surface area contributed by atoms with Crippen LogP contribution >= 0.6 is 34.3 Å². The highest BCUT2D eigenvalue weighted by Gasteiger charge is 2.13. The minimum atomic E-state index is -0.101. The maximum absolute atomic E-state index is 6.10. The molecule has 80 valence electrons. The van der Waals surface area contributed by atoms with Gasteiger partial charge in [-0.2, -0.15) is 0 Å². The average molecular weight is 260 g/mol. The molecule has 5 heteroatoms. The van der Waals surface area contributed by atoms with Gasteiger partial charge in [0.1, 0.15) is 5.75 Å². The van der Waals surface area contributed by atoms with Crippen LogP contribution in [0.4, 0.5) is 0 Å². The van der Waals surface area contributed by atoms with Crippen LogP contribution < -0.4 is 10.5 Å². The number of ether oxygens (including phenoxy) is 1. The fourth-order valence-electron chi connectivity index (χ4n) is 1.24. The van der Waals surface area contributed by atoms with E-state index in [1.807, 2.05) is 23.6 Å². The molecule has 0 amide bonds. The maximum atomic E-state index is 6.10.